The van der Waals surface area contributed by atoms with Crippen molar-refractivity contribution >= 4 is 51.5 Å². The molecule has 0 saturated carbocycles. The fourth-order valence-corrected chi connectivity index (χ4v) is 5.29. The zero-order chi connectivity index (χ0) is 28.1. The van der Waals surface area contributed by atoms with E-state index in [9.17, 15) is 24.3 Å². The first-order valence-corrected chi connectivity index (χ1v) is 13.7. The topological polar surface area (TPSA) is 139 Å². The van der Waals surface area contributed by atoms with Crippen molar-refractivity contribution in [2.75, 3.05) is 12.3 Å². The lowest BCUT2D eigenvalue weighted by Crippen LogP contribution is -2.43. The molecule has 2 aromatic carbocycles. The molecule has 0 saturated heterocycles. The summed E-state index contributed by atoms with van der Waals surface area (Å²) in [6.07, 6.45) is -0.303. The van der Waals surface area contributed by atoms with Gasteiger partial charge < -0.3 is 24.6 Å². The molecular formula is C29H30N2O7S. The van der Waals surface area contributed by atoms with Crippen LogP contribution in [0.2, 0.25) is 0 Å². The van der Waals surface area contributed by atoms with Gasteiger partial charge in [0.15, 0.2) is 0 Å². The second-order valence-electron chi connectivity index (χ2n) is 9.36. The zero-order valence-corrected chi connectivity index (χ0v) is 22.8. The van der Waals surface area contributed by atoms with Gasteiger partial charge in [0, 0.05) is 41.3 Å². The number of rotatable bonds is 11. The molecule has 4 rings (SSSR count). The molecule has 1 atom stereocenters. The summed E-state index contributed by atoms with van der Waals surface area (Å²) >= 11 is 1.41. The third-order valence-electron chi connectivity index (χ3n) is 6.62. The van der Waals surface area contributed by atoms with Gasteiger partial charge in [-0.2, -0.15) is 11.8 Å². The molecule has 1 unspecified atom stereocenters. The molecule has 2 heterocycles. The molecule has 2 amide bonds. The first-order valence-electron chi connectivity index (χ1n) is 12.5. The van der Waals surface area contributed by atoms with Crippen LogP contribution < -0.4 is 16.3 Å². The first kappa shape index (κ1) is 28.0. The van der Waals surface area contributed by atoms with Gasteiger partial charge in [0.1, 0.15) is 23.0 Å². The van der Waals surface area contributed by atoms with Crippen molar-refractivity contribution < 1.29 is 28.3 Å². The van der Waals surface area contributed by atoms with Gasteiger partial charge in [-0.3, -0.25) is 9.59 Å². The first-order chi connectivity index (χ1) is 18.6. The van der Waals surface area contributed by atoms with Crippen LogP contribution in [0.4, 0.5) is 0 Å². The summed E-state index contributed by atoms with van der Waals surface area (Å²) in [5.74, 6) is -0.426. The maximum atomic E-state index is 12.6. The van der Waals surface area contributed by atoms with Gasteiger partial charge in [-0.05, 0) is 43.5 Å². The largest absolute Gasteiger partial charge is 0.480 e. The molecule has 2 aromatic heterocycles. The Labute approximate surface area is 228 Å². The number of benzene rings is 2. The SMILES string of the molecule is Cc1oc2cc3oc(=O)c(CC(=O)NCCC(=O)NC(CSCc4ccccc4)C(=O)O)c(C)c3cc2c1C. The molecule has 0 radical (unpaired) electrons. The van der Waals surface area contributed by atoms with Crippen molar-refractivity contribution in [3.63, 3.8) is 0 Å². The highest BCUT2D eigenvalue weighted by Crippen LogP contribution is 2.31. The molecule has 0 aliphatic heterocycles. The number of carbonyl (C=O) groups excluding carboxylic acids is 2. The Kier molecular flexibility index (Phi) is 8.75. The average molecular weight is 551 g/mol. The number of furan rings is 1. The van der Waals surface area contributed by atoms with Crippen LogP contribution in [0.3, 0.4) is 0 Å². The third-order valence-corrected chi connectivity index (χ3v) is 7.73. The molecule has 9 nitrogen and oxygen atoms in total. The van der Waals surface area contributed by atoms with Gasteiger partial charge >= 0.3 is 11.6 Å². The Morgan fingerprint density at radius 1 is 0.949 bits per heavy atom. The number of aryl methyl sites for hydroxylation is 3. The standard InChI is InChI=1S/C29H30N2O7S/c1-16-18(3)37-24-13-25-21(11-20(16)24)17(2)22(29(36)38-25)12-27(33)30-10-9-26(32)31-23(28(34)35)15-39-14-19-7-5-4-6-8-19/h4-8,11,13,23H,9-10,12,14-15H2,1-3H3,(H,30,33)(H,31,32)(H,34,35). The summed E-state index contributed by atoms with van der Waals surface area (Å²) < 4.78 is 11.2. The van der Waals surface area contributed by atoms with Crippen molar-refractivity contribution in [3.05, 3.63) is 80.9 Å². The number of nitrogens with one attached hydrogen (secondary N) is 2. The van der Waals surface area contributed by atoms with E-state index in [2.05, 4.69) is 10.6 Å². The maximum absolute atomic E-state index is 12.6. The molecule has 0 spiro atoms. The highest BCUT2D eigenvalue weighted by molar-refractivity contribution is 7.98. The Morgan fingerprint density at radius 2 is 1.64 bits per heavy atom. The van der Waals surface area contributed by atoms with E-state index in [1.165, 1.54) is 11.8 Å². The number of carboxylic acid groups (broad SMARTS) is 1. The smallest absolute Gasteiger partial charge is 0.340 e. The maximum Gasteiger partial charge on any atom is 0.340 e. The number of amides is 2. The number of thioether (sulfide) groups is 1. The number of aliphatic carboxylic acids is 1. The molecule has 0 aliphatic rings. The molecule has 3 N–H and O–H groups in total. The van der Waals surface area contributed by atoms with Crippen LogP contribution in [-0.4, -0.2) is 41.2 Å². The number of carbonyl (C=O) groups is 3. The van der Waals surface area contributed by atoms with E-state index < -0.39 is 29.5 Å². The molecule has 10 heteroatoms. The van der Waals surface area contributed by atoms with Crippen LogP contribution in [0.5, 0.6) is 0 Å². The van der Waals surface area contributed by atoms with Crippen LogP contribution in [0, 0.1) is 20.8 Å². The lowest BCUT2D eigenvalue weighted by atomic mass is 10.0. The number of fused-ring (bicyclic) bond motifs is 2. The molecule has 0 bridgehead atoms. The Morgan fingerprint density at radius 3 is 2.36 bits per heavy atom. The van der Waals surface area contributed by atoms with E-state index in [1.54, 1.807) is 13.0 Å². The van der Waals surface area contributed by atoms with E-state index in [1.807, 2.05) is 50.2 Å². The molecule has 4 aromatic rings. The van der Waals surface area contributed by atoms with Crippen LogP contribution in [0.25, 0.3) is 21.9 Å². The fraction of sp³-hybridized carbons (Fsp3) is 0.310. The van der Waals surface area contributed by atoms with Crippen molar-refractivity contribution in [2.24, 2.45) is 0 Å². The zero-order valence-electron chi connectivity index (χ0n) is 22.0. The van der Waals surface area contributed by atoms with Gasteiger partial charge in [-0.15, -0.1) is 0 Å². The lowest BCUT2D eigenvalue weighted by Gasteiger charge is -2.14. The summed E-state index contributed by atoms with van der Waals surface area (Å²) in [6.45, 7) is 5.59. The lowest BCUT2D eigenvalue weighted by molar-refractivity contribution is -0.141. The highest BCUT2D eigenvalue weighted by atomic mass is 32.2. The van der Waals surface area contributed by atoms with Crippen molar-refractivity contribution in [1.29, 1.82) is 0 Å². The third kappa shape index (κ3) is 6.69. The summed E-state index contributed by atoms with van der Waals surface area (Å²) in [5.41, 5.74) is 3.35. The molecule has 204 valence electrons. The van der Waals surface area contributed by atoms with Gasteiger partial charge in [-0.25, -0.2) is 9.59 Å². The highest BCUT2D eigenvalue weighted by Gasteiger charge is 2.21. The van der Waals surface area contributed by atoms with Crippen molar-refractivity contribution in [2.45, 2.75) is 45.4 Å². The predicted octanol–water partition coefficient (Wildman–Crippen LogP) is 4.02. The summed E-state index contributed by atoms with van der Waals surface area (Å²) in [7, 11) is 0. The predicted molar refractivity (Wildman–Crippen MR) is 150 cm³/mol. The minimum Gasteiger partial charge on any atom is -0.480 e. The summed E-state index contributed by atoms with van der Waals surface area (Å²) in [5, 5.41) is 16.2. The Balaban J connectivity index is 1.31. The van der Waals surface area contributed by atoms with Crippen molar-refractivity contribution in [1.82, 2.24) is 10.6 Å². The fourth-order valence-electron chi connectivity index (χ4n) is 4.28. The number of hydrogen-bond acceptors (Lipinski definition) is 7. The minimum atomic E-state index is -1.12. The van der Waals surface area contributed by atoms with Crippen LogP contribution in [0.15, 0.2) is 56.1 Å². The number of carboxylic acids is 1. The molecular weight excluding hydrogens is 520 g/mol. The minimum absolute atomic E-state index is 0.000238. The second kappa shape index (κ2) is 12.2. The van der Waals surface area contributed by atoms with E-state index in [0.717, 1.165) is 27.7 Å². The summed E-state index contributed by atoms with van der Waals surface area (Å²) in [6, 6.07) is 12.2. The summed E-state index contributed by atoms with van der Waals surface area (Å²) in [4.78, 5) is 49.1. The molecule has 39 heavy (non-hydrogen) atoms. The Hall–Kier alpha value is -4.05. The average Bonchev–Trinajstić information content (AvgIpc) is 3.17. The Bertz CT molecular complexity index is 1590. The normalized spacial score (nSPS) is 12.0. The quantitative estimate of drug-likeness (QED) is 0.238. The second-order valence-corrected chi connectivity index (χ2v) is 10.4. The van der Waals surface area contributed by atoms with Gasteiger partial charge in [0.05, 0.1) is 12.0 Å². The van der Waals surface area contributed by atoms with E-state index >= 15 is 0 Å². The monoisotopic (exact) mass is 550 g/mol. The number of hydrogen-bond donors (Lipinski definition) is 3. The van der Waals surface area contributed by atoms with Crippen LogP contribution >= 0.6 is 11.8 Å². The van der Waals surface area contributed by atoms with Crippen LogP contribution in [-0.2, 0) is 26.6 Å². The van der Waals surface area contributed by atoms with E-state index in [-0.39, 0.29) is 30.7 Å². The molecule has 0 aliphatic carbocycles. The molecule has 0 fully saturated rings. The van der Waals surface area contributed by atoms with Gasteiger partial charge in [0.25, 0.3) is 0 Å². The van der Waals surface area contributed by atoms with E-state index in [4.69, 9.17) is 8.83 Å². The van der Waals surface area contributed by atoms with Crippen LogP contribution in [0.1, 0.15) is 34.4 Å². The van der Waals surface area contributed by atoms with Gasteiger partial charge in [-0.1, -0.05) is 30.3 Å². The van der Waals surface area contributed by atoms with Gasteiger partial charge in [0.2, 0.25) is 11.8 Å². The van der Waals surface area contributed by atoms with Crippen molar-refractivity contribution in [3.8, 4) is 0 Å². The van der Waals surface area contributed by atoms with E-state index in [0.29, 0.717) is 22.5 Å².